The molecule has 0 aliphatic carbocycles. The van der Waals surface area contributed by atoms with Gasteiger partial charge in [-0.2, -0.15) is 8.78 Å². The molecular weight excluding hydrogens is 232 g/mol. The van der Waals surface area contributed by atoms with Crippen LogP contribution in [0, 0.1) is 17.0 Å². The maximum atomic E-state index is 11.9. The van der Waals surface area contributed by atoms with Gasteiger partial charge in [0.1, 0.15) is 10.8 Å². The third-order valence-corrected chi connectivity index (χ3v) is 2.21. The minimum atomic E-state index is -2.98. The monoisotopic (exact) mass is 237 g/mol. The second-order valence-corrected chi connectivity index (χ2v) is 3.04. The summed E-state index contributed by atoms with van der Waals surface area (Å²) in [6.45, 7) is -1.62. The number of nitro benzene ring substituents is 1. The van der Waals surface area contributed by atoms with Crippen molar-refractivity contribution in [3.05, 3.63) is 32.8 Å². The van der Waals surface area contributed by atoms with E-state index in [-0.39, 0.29) is 22.0 Å². The van der Waals surface area contributed by atoms with E-state index in [9.17, 15) is 18.9 Å². The van der Waals surface area contributed by atoms with E-state index in [1.54, 1.807) is 0 Å². The number of nitrogens with zero attached hydrogens (tertiary/aromatic N) is 1. The predicted octanol–water partition coefficient (Wildman–Crippen LogP) is 3.16. The third-order valence-electron chi connectivity index (χ3n) is 1.73. The lowest BCUT2D eigenvalue weighted by Gasteiger charge is -2.08. The van der Waals surface area contributed by atoms with Crippen molar-refractivity contribution >= 4 is 17.3 Å². The van der Waals surface area contributed by atoms with Crippen molar-refractivity contribution < 1.29 is 18.4 Å². The zero-order chi connectivity index (χ0) is 11.6. The molecule has 0 aliphatic heterocycles. The molecular formula is C8H6ClF2NO3. The summed E-state index contributed by atoms with van der Waals surface area (Å²) in [5.74, 6) is -0.166. The molecule has 0 aromatic heterocycles. The van der Waals surface area contributed by atoms with E-state index >= 15 is 0 Å². The molecule has 0 saturated heterocycles. The van der Waals surface area contributed by atoms with Crippen LogP contribution < -0.4 is 4.74 Å². The van der Waals surface area contributed by atoms with Gasteiger partial charge in [0.2, 0.25) is 0 Å². The Morgan fingerprint density at radius 1 is 1.53 bits per heavy atom. The van der Waals surface area contributed by atoms with Gasteiger partial charge in [-0.1, -0.05) is 11.6 Å². The molecule has 0 radical (unpaired) electrons. The fraction of sp³-hybridized carbons (Fsp3) is 0.250. The summed E-state index contributed by atoms with van der Waals surface area (Å²) < 4.78 is 27.9. The van der Waals surface area contributed by atoms with E-state index in [0.717, 1.165) is 12.1 Å². The van der Waals surface area contributed by atoms with E-state index in [4.69, 9.17) is 11.6 Å². The van der Waals surface area contributed by atoms with E-state index < -0.39 is 11.5 Å². The predicted molar refractivity (Wildman–Crippen MR) is 49.5 cm³/mol. The highest BCUT2D eigenvalue weighted by Gasteiger charge is 2.18. The molecule has 4 nitrogen and oxygen atoms in total. The number of halogens is 3. The molecule has 0 bridgehead atoms. The molecule has 0 unspecified atom stereocenters. The maximum Gasteiger partial charge on any atom is 0.387 e. The molecule has 82 valence electrons. The lowest BCUT2D eigenvalue weighted by atomic mass is 10.2. The Bertz CT molecular complexity index is 398. The number of hydrogen-bond donors (Lipinski definition) is 0. The first-order valence-corrected chi connectivity index (χ1v) is 4.19. The maximum absolute atomic E-state index is 11.9. The van der Waals surface area contributed by atoms with Gasteiger partial charge in [0.25, 0.3) is 5.69 Å². The zero-order valence-electron chi connectivity index (χ0n) is 7.54. The smallest absolute Gasteiger partial charge is 0.387 e. The van der Waals surface area contributed by atoms with Gasteiger partial charge in [0, 0.05) is 11.6 Å². The molecule has 0 amide bonds. The average molecular weight is 238 g/mol. The van der Waals surface area contributed by atoms with Crippen LogP contribution in [0.1, 0.15) is 5.56 Å². The van der Waals surface area contributed by atoms with Gasteiger partial charge in [-0.05, 0) is 13.0 Å². The second-order valence-electron chi connectivity index (χ2n) is 2.66. The van der Waals surface area contributed by atoms with Crippen molar-refractivity contribution in [2.75, 3.05) is 0 Å². The van der Waals surface area contributed by atoms with Gasteiger partial charge >= 0.3 is 6.61 Å². The molecule has 0 heterocycles. The number of benzene rings is 1. The van der Waals surface area contributed by atoms with Gasteiger partial charge in [-0.25, -0.2) is 0 Å². The minimum Gasteiger partial charge on any atom is -0.434 e. The van der Waals surface area contributed by atoms with Crippen LogP contribution >= 0.6 is 11.6 Å². The highest BCUT2D eigenvalue weighted by molar-refractivity contribution is 6.33. The fourth-order valence-corrected chi connectivity index (χ4v) is 1.24. The van der Waals surface area contributed by atoms with Crippen molar-refractivity contribution in [1.82, 2.24) is 0 Å². The zero-order valence-corrected chi connectivity index (χ0v) is 8.29. The average Bonchev–Trinajstić information content (AvgIpc) is 2.12. The van der Waals surface area contributed by atoms with Crippen LogP contribution in [0.25, 0.3) is 0 Å². The first kappa shape index (κ1) is 11.6. The summed E-state index contributed by atoms with van der Waals surface area (Å²) in [6.07, 6.45) is 0. The molecule has 0 N–H and O–H groups in total. The number of ether oxygens (including phenoxy) is 1. The standard InChI is InChI=1S/C8H6ClF2NO3/c1-4-6(15-8(10)11)3-2-5(7(4)9)12(13)14/h2-3,8H,1H3. The highest BCUT2D eigenvalue weighted by Crippen LogP contribution is 2.34. The fourth-order valence-electron chi connectivity index (χ4n) is 1.02. The quantitative estimate of drug-likeness (QED) is 0.599. The summed E-state index contributed by atoms with van der Waals surface area (Å²) in [6, 6.07) is 2.11. The van der Waals surface area contributed by atoms with E-state index in [1.165, 1.54) is 6.92 Å². The van der Waals surface area contributed by atoms with Crippen molar-refractivity contribution in [3.63, 3.8) is 0 Å². The SMILES string of the molecule is Cc1c(OC(F)F)ccc([N+](=O)[O-])c1Cl. The van der Waals surface area contributed by atoms with Gasteiger partial charge in [0.05, 0.1) is 4.92 Å². The number of alkyl halides is 2. The normalized spacial score (nSPS) is 10.5. The first-order valence-electron chi connectivity index (χ1n) is 3.81. The summed E-state index contributed by atoms with van der Waals surface area (Å²) in [5, 5.41) is 10.2. The minimum absolute atomic E-state index is 0.117. The molecule has 1 aromatic carbocycles. The number of rotatable bonds is 3. The van der Waals surface area contributed by atoms with E-state index in [0.29, 0.717) is 0 Å². The third kappa shape index (κ3) is 2.53. The molecule has 15 heavy (non-hydrogen) atoms. The van der Waals surface area contributed by atoms with Crippen LogP contribution in [-0.2, 0) is 0 Å². The highest BCUT2D eigenvalue weighted by atomic mass is 35.5. The Labute approximate surface area is 88.6 Å². The van der Waals surface area contributed by atoms with Gasteiger partial charge in [0.15, 0.2) is 0 Å². The van der Waals surface area contributed by atoms with Gasteiger partial charge in [-0.3, -0.25) is 10.1 Å². The Kier molecular flexibility index (Phi) is 3.41. The Morgan fingerprint density at radius 3 is 2.60 bits per heavy atom. The van der Waals surface area contributed by atoms with E-state index in [1.807, 2.05) is 0 Å². The van der Waals surface area contributed by atoms with Crippen molar-refractivity contribution in [2.45, 2.75) is 13.5 Å². The van der Waals surface area contributed by atoms with Crippen molar-refractivity contribution in [2.24, 2.45) is 0 Å². The van der Waals surface area contributed by atoms with Gasteiger partial charge in [-0.15, -0.1) is 0 Å². The molecule has 1 aromatic rings. The molecule has 1 rings (SSSR count). The van der Waals surface area contributed by atoms with Crippen LogP contribution in [0.3, 0.4) is 0 Å². The van der Waals surface area contributed by atoms with Gasteiger partial charge < -0.3 is 4.74 Å². The van der Waals surface area contributed by atoms with Crippen molar-refractivity contribution in [3.8, 4) is 5.75 Å². The van der Waals surface area contributed by atoms with Crippen LogP contribution in [0.4, 0.5) is 14.5 Å². The van der Waals surface area contributed by atoms with Crippen LogP contribution in [-0.4, -0.2) is 11.5 Å². The Balaban J connectivity index is 3.15. The molecule has 0 spiro atoms. The first-order chi connectivity index (χ1) is 6.93. The van der Waals surface area contributed by atoms with Crippen molar-refractivity contribution in [1.29, 1.82) is 0 Å². The van der Waals surface area contributed by atoms with Crippen LogP contribution in [0.15, 0.2) is 12.1 Å². The van der Waals surface area contributed by atoms with E-state index in [2.05, 4.69) is 4.74 Å². The summed E-state index contributed by atoms with van der Waals surface area (Å²) in [7, 11) is 0. The lowest BCUT2D eigenvalue weighted by Crippen LogP contribution is -2.04. The Morgan fingerprint density at radius 2 is 2.13 bits per heavy atom. The van der Waals surface area contributed by atoms with Crippen LogP contribution in [0.2, 0.25) is 5.02 Å². The summed E-state index contributed by atoms with van der Waals surface area (Å²) >= 11 is 5.61. The lowest BCUT2D eigenvalue weighted by molar-refractivity contribution is -0.384. The molecule has 0 saturated carbocycles. The molecule has 0 aliphatic rings. The molecule has 0 atom stereocenters. The Hall–Kier alpha value is -1.43. The summed E-state index contributed by atoms with van der Waals surface area (Å²) in [4.78, 5) is 9.75. The van der Waals surface area contributed by atoms with Crippen LogP contribution in [0.5, 0.6) is 5.75 Å². The second kappa shape index (κ2) is 4.39. The molecule has 0 fully saturated rings. The summed E-state index contributed by atoms with van der Waals surface area (Å²) in [5.41, 5.74) is -0.220. The topological polar surface area (TPSA) is 52.4 Å². The molecule has 7 heteroatoms. The number of nitro groups is 1. The number of hydrogen-bond acceptors (Lipinski definition) is 3. The largest absolute Gasteiger partial charge is 0.434 e.